The van der Waals surface area contributed by atoms with E-state index in [4.69, 9.17) is 23.2 Å². The van der Waals surface area contributed by atoms with Gasteiger partial charge in [0, 0.05) is 37.3 Å². The molecule has 0 aliphatic carbocycles. The van der Waals surface area contributed by atoms with E-state index in [0.717, 1.165) is 0 Å². The van der Waals surface area contributed by atoms with Crippen molar-refractivity contribution in [3.8, 4) is 0 Å². The summed E-state index contributed by atoms with van der Waals surface area (Å²) in [7, 11) is -3.85. The molecular formula is C18H18Cl2N4O5S. The lowest BCUT2D eigenvalue weighted by atomic mass is 10.2. The lowest BCUT2D eigenvalue weighted by Gasteiger charge is -2.34. The molecule has 1 amide bonds. The highest BCUT2D eigenvalue weighted by molar-refractivity contribution is 7.89. The van der Waals surface area contributed by atoms with E-state index in [-0.39, 0.29) is 64.9 Å². The summed E-state index contributed by atoms with van der Waals surface area (Å²) in [5.74, 6) is -0.286. The molecule has 0 radical (unpaired) electrons. The van der Waals surface area contributed by atoms with Gasteiger partial charge in [-0.3, -0.25) is 14.9 Å². The Bertz CT molecular complexity index is 1070. The fraction of sp³-hybridized carbons (Fsp3) is 0.278. The SMILES string of the molecule is O=C(CNc1ccccc1[N+](=O)[O-])N1CCN(S(=O)(=O)c2cc(Cl)ccc2Cl)CC1. The second-order valence-corrected chi connectivity index (χ2v) is 9.24. The van der Waals surface area contributed by atoms with Crippen LogP contribution in [0.25, 0.3) is 0 Å². The summed E-state index contributed by atoms with van der Waals surface area (Å²) >= 11 is 11.9. The highest BCUT2D eigenvalue weighted by atomic mass is 35.5. The number of nitro benzene ring substituents is 1. The molecule has 0 saturated carbocycles. The minimum Gasteiger partial charge on any atom is -0.371 e. The third-order valence-electron chi connectivity index (χ3n) is 4.63. The Labute approximate surface area is 183 Å². The van der Waals surface area contributed by atoms with E-state index in [1.807, 2.05) is 0 Å². The minimum absolute atomic E-state index is 0.0745. The molecule has 3 rings (SSSR count). The van der Waals surface area contributed by atoms with E-state index in [0.29, 0.717) is 0 Å². The monoisotopic (exact) mass is 472 g/mol. The smallest absolute Gasteiger partial charge is 0.292 e. The van der Waals surface area contributed by atoms with E-state index in [1.165, 1.54) is 45.6 Å². The number of hydrogen-bond acceptors (Lipinski definition) is 6. The van der Waals surface area contributed by atoms with Crippen LogP contribution in [0, 0.1) is 10.1 Å². The van der Waals surface area contributed by atoms with Crippen molar-refractivity contribution in [2.45, 2.75) is 4.90 Å². The molecular weight excluding hydrogens is 455 g/mol. The van der Waals surface area contributed by atoms with Gasteiger partial charge in [-0.05, 0) is 24.3 Å². The lowest BCUT2D eigenvalue weighted by Crippen LogP contribution is -2.51. The van der Waals surface area contributed by atoms with Gasteiger partial charge in [0.2, 0.25) is 15.9 Å². The first-order chi connectivity index (χ1) is 14.2. The van der Waals surface area contributed by atoms with E-state index < -0.39 is 14.9 Å². The predicted molar refractivity (Wildman–Crippen MR) is 113 cm³/mol. The average Bonchev–Trinajstić information content (AvgIpc) is 2.73. The standard InChI is InChI=1S/C18H18Cl2N4O5S/c19-13-5-6-14(20)17(11-13)30(28,29)23-9-7-22(8-10-23)18(25)12-21-15-3-1-2-4-16(15)24(26)27/h1-6,11,21H,7-10,12H2. The van der Waals surface area contributed by atoms with Crippen molar-refractivity contribution in [3.05, 3.63) is 62.6 Å². The van der Waals surface area contributed by atoms with Crippen LogP contribution < -0.4 is 5.32 Å². The molecule has 1 aliphatic heterocycles. The molecule has 1 heterocycles. The molecule has 2 aromatic rings. The summed E-state index contributed by atoms with van der Waals surface area (Å²) in [4.78, 5) is 24.4. The van der Waals surface area contributed by atoms with Crippen molar-refractivity contribution in [1.82, 2.24) is 9.21 Å². The Balaban J connectivity index is 1.61. The maximum Gasteiger partial charge on any atom is 0.292 e. The number of rotatable bonds is 6. The number of nitrogens with zero attached hydrogens (tertiary/aromatic N) is 3. The predicted octanol–water partition coefficient (Wildman–Crippen LogP) is 2.85. The number of hydrogen-bond donors (Lipinski definition) is 1. The number of amides is 1. The van der Waals surface area contributed by atoms with Gasteiger partial charge in [0.25, 0.3) is 5.69 Å². The molecule has 1 fully saturated rings. The van der Waals surface area contributed by atoms with Crippen molar-refractivity contribution in [2.75, 3.05) is 38.0 Å². The van der Waals surface area contributed by atoms with Crippen LogP contribution in [0.2, 0.25) is 10.0 Å². The molecule has 0 atom stereocenters. The van der Waals surface area contributed by atoms with E-state index in [1.54, 1.807) is 6.07 Å². The molecule has 1 saturated heterocycles. The maximum atomic E-state index is 12.9. The third-order valence-corrected chi connectivity index (χ3v) is 7.25. The molecule has 12 heteroatoms. The highest BCUT2D eigenvalue weighted by Crippen LogP contribution is 2.28. The number of benzene rings is 2. The van der Waals surface area contributed by atoms with Crippen LogP contribution in [0.5, 0.6) is 0 Å². The summed E-state index contributed by atoms with van der Waals surface area (Å²) in [5, 5.41) is 14.2. The molecule has 2 aromatic carbocycles. The molecule has 0 spiro atoms. The summed E-state index contributed by atoms with van der Waals surface area (Å²) in [6.45, 7) is 0.437. The van der Waals surface area contributed by atoms with Gasteiger partial charge in [0.05, 0.1) is 16.5 Å². The zero-order valence-corrected chi connectivity index (χ0v) is 18.0. The Hall–Kier alpha value is -2.40. The van der Waals surface area contributed by atoms with Crippen molar-refractivity contribution in [2.24, 2.45) is 0 Å². The summed E-state index contributed by atoms with van der Waals surface area (Å²) < 4.78 is 27.0. The minimum atomic E-state index is -3.85. The molecule has 0 unspecified atom stereocenters. The number of sulfonamides is 1. The van der Waals surface area contributed by atoms with Crippen molar-refractivity contribution in [3.63, 3.8) is 0 Å². The van der Waals surface area contributed by atoms with Gasteiger partial charge in [-0.1, -0.05) is 35.3 Å². The van der Waals surface area contributed by atoms with Gasteiger partial charge in [0.15, 0.2) is 0 Å². The first-order valence-electron chi connectivity index (χ1n) is 8.90. The zero-order chi connectivity index (χ0) is 21.9. The molecule has 9 nitrogen and oxygen atoms in total. The third kappa shape index (κ3) is 4.84. The van der Waals surface area contributed by atoms with Crippen LogP contribution in [0.1, 0.15) is 0 Å². The number of anilines is 1. The van der Waals surface area contributed by atoms with Gasteiger partial charge in [-0.2, -0.15) is 4.31 Å². The number of carbonyl (C=O) groups excluding carboxylic acids is 1. The highest BCUT2D eigenvalue weighted by Gasteiger charge is 2.31. The molecule has 30 heavy (non-hydrogen) atoms. The van der Waals surface area contributed by atoms with Crippen molar-refractivity contribution >= 4 is 50.5 Å². The fourth-order valence-corrected chi connectivity index (χ4v) is 5.22. The van der Waals surface area contributed by atoms with Crippen LogP contribution >= 0.6 is 23.2 Å². The van der Waals surface area contributed by atoms with Gasteiger partial charge in [-0.25, -0.2) is 8.42 Å². The molecule has 0 aromatic heterocycles. The van der Waals surface area contributed by atoms with Crippen LogP contribution in [0.4, 0.5) is 11.4 Å². The van der Waals surface area contributed by atoms with Crippen LogP contribution in [0.3, 0.4) is 0 Å². The van der Waals surface area contributed by atoms with Crippen molar-refractivity contribution < 1.29 is 18.1 Å². The van der Waals surface area contributed by atoms with Crippen LogP contribution in [0.15, 0.2) is 47.4 Å². The number of nitrogens with one attached hydrogen (secondary N) is 1. The van der Waals surface area contributed by atoms with Gasteiger partial charge in [-0.15, -0.1) is 0 Å². The summed E-state index contributed by atoms with van der Waals surface area (Å²) in [5.41, 5.74) is 0.118. The number of carbonyl (C=O) groups is 1. The molecule has 1 N–H and O–H groups in total. The Morgan fingerprint density at radius 3 is 2.43 bits per heavy atom. The van der Waals surface area contributed by atoms with Crippen LogP contribution in [-0.2, 0) is 14.8 Å². The molecule has 1 aliphatic rings. The van der Waals surface area contributed by atoms with Gasteiger partial charge in [0.1, 0.15) is 10.6 Å². The topological polar surface area (TPSA) is 113 Å². The quantitative estimate of drug-likeness (QED) is 0.510. The molecule has 0 bridgehead atoms. The molecule has 160 valence electrons. The average molecular weight is 473 g/mol. The number of halogens is 2. The Kier molecular flexibility index (Phi) is 6.81. The zero-order valence-electron chi connectivity index (χ0n) is 15.6. The van der Waals surface area contributed by atoms with Gasteiger partial charge >= 0.3 is 0 Å². The van der Waals surface area contributed by atoms with Crippen LogP contribution in [-0.4, -0.2) is 61.2 Å². The Morgan fingerprint density at radius 1 is 1.10 bits per heavy atom. The second-order valence-electron chi connectivity index (χ2n) is 6.49. The van der Waals surface area contributed by atoms with E-state index in [9.17, 15) is 23.3 Å². The summed E-state index contributed by atoms with van der Waals surface area (Å²) in [6.07, 6.45) is 0. The lowest BCUT2D eigenvalue weighted by molar-refractivity contribution is -0.383. The van der Waals surface area contributed by atoms with Crippen molar-refractivity contribution in [1.29, 1.82) is 0 Å². The van der Waals surface area contributed by atoms with E-state index >= 15 is 0 Å². The maximum absolute atomic E-state index is 12.9. The first kappa shape index (κ1) is 22.3. The van der Waals surface area contributed by atoms with Gasteiger partial charge < -0.3 is 10.2 Å². The second kappa shape index (κ2) is 9.17. The normalized spacial score (nSPS) is 15.1. The largest absolute Gasteiger partial charge is 0.371 e. The number of para-hydroxylation sites is 2. The van der Waals surface area contributed by atoms with E-state index in [2.05, 4.69) is 5.32 Å². The number of nitro groups is 1. The Morgan fingerprint density at radius 2 is 1.77 bits per heavy atom. The fourth-order valence-electron chi connectivity index (χ4n) is 3.06. The summed E-state index contributed by atoms with van der Waals surface area (Å²) in [6, 6.07) is 10.3. The first-order valence-corrected chi connectivity index (χ1v) is 11.1. The number of piperazine rings is 1.